The minimum Gasteiger partial charge on any atom is -0.365 e. The summed E-state index contributed by atoms with van der Waals surface area (Å²) < 4.78 is 5.52. The van der Waals surface area contributed by atoms with E-state index in [4.69, 9.17) is 4.74 Å². The maximum Gasteiger partial charge on any atom is 0.249 e. The van der Waals surface area contributed by atoms with Gasteiger partial charge in [0, 0.05) is 11.9 Å². The zero-order valence-corrected chi connectivity index (χ0v) is 10.7. The Hall–Kier alpha value is -0.0900. The van der Waals surface area contributed by atoms with Crippen molar-refractivity contribution >= 4 is 21.8 Å². The van der Waals surface area contributed by atoms with Gasteiger partial charge in [0.1, 0.15) is 6.10 Å². The van der Waals surface area contributed by atoms with Crippen LogP contribution in [-0.2, 0) is 9.53 Å². The monoisotopic (exact) mass is 275 g/mol. The minimum atomic E-state index is -0.203. The number of hydrogen-bond acceptors (Lipinski definition) is 2. The second-order valence-electron chi connectivity index (χ2n) is 4.86. The van der Waals surface area contributed by atoms with Gasteiger partial charge in [-0.1, -0.05) is 15.9 Å². The number of amides is 1. The highest BCUT2D eigenvalue weighted by Crippen LogP contribution is 2.46. The number of ether oxygens (including phenoxy) is 1. The summed E-state index contributed by atoms with van der Waals surface area (Å²) in [7, 11) is 0. The van der Waals surface area contributed by atoms with Crippen LogP contribution in [0.25, 0.3) is 0 Å². The molecule has 15 heavy (non-hydrogen) atoms. The topological polar surface area (TPSA) is 38.3 Å². The van der Waals surface area contributed by atoms with Crippen LogP contribution in [0.5, 0.6) is 0 Å². The fraction of sp³-hybridized carbons (Fsp3) is 0.909. The first-order valence-corrected chi connectivity index (χ1v) is 6.76. The van der Waals surface area contributed by atoms with E-state index < -0.39 is 0 Å². The Morgan fingerprint density at radius 2 is 2.27 bits per heavy atom. The lowest BCUT2D eigenvalue weighted by Gasteiger charge is -2.15. The van der Waals surface area contributed by atoms with E-state index in [1.807, 2.05) is 6.92 Å². The van der Waals surface area contributed by atoms with Crippen molar-refractivity contribution in [2.45, 2.75) is 44.8 Å². The molecule has 2 unspecified atom stereocenters. The Bertz CT molecular complexity index is 253. The fourth-order valence-corrected chi connectivity index (χ4v) is 2.68. The van der Waals surface area contributed by atoms with Gasteiger partial charge < -0.3 is 10.1 Å². The number of alkyl halides is 1. The molecular formula is C11H18BrNO2. The lowest BCUT2D eigenvalue weighted by atomic mass is 10.1. The van der Waals surface area contributed by atoms with Crippen molar-refractivity contribution < 1.29 is 9.53 Å². The van der Waals surface area contributed by atoms with E-state index >= 15 is 0 Å². The fourth-order valence-electron chi connectivity index (χ4n) is 1.92. The molecule has 1 N–H and O–H groups in total. The van der Waals surface area contributed by atoms with Gasteiger partial charge in [-0.05, 0) is 38.0 Å². The highest BCUT2D eigenvalue weighted by molar-refractivity contribution is 9.09. The Balaban J connectivity index is 1.73. The maximum atomic E-state index is 11.7. The average Bonchev–Trinajstić information content (AvgIpc) is 2.90. The molecule has 1 saturated heterocycles. The van der Waals surface area contributed by atoms with Gasteiger partial charge in [0.25, 0.3) is 0 Å². The van der Waals surface area contributed by atoms with E-state index in [9.17, 15) is 4.79 Å². The number of nitrogens with one attached hydrogen (secondary N) is 1. The summed E-state index contributed by atoms with van der Waals surface area (Å²) in [5.41, 5.74) is 0.347. The minimum absolute atomic E-state index is 0.0755. The number of rotatable bonds is 4. The zero-order valence-electron chi connectivity index (χ0n) is 9.09. The molecule has 0 bridgehead atoms. The summed E-state index contributed by atoms with van der Waals surface area (Å²) in [6.45, 7) is 2.82. The van der Waals surface area contributed by atoms with E-state index in [-0.39, 0.29) is 18.1 Å². The van der Waals surface area contributed by atoms with Gasteiger partial charge in [-0.2, -0.15) is 0 Å². The van der Waals surface area contributed by atoms with E-state index in [0.717, 1.165) is 24.7 Å². The summed E-state index contributed by atoms with van der Waals surface area (Å²) in [4.78, 5) is 11.7. The number of carbonyl (C=O) groups excluding carboxylic acids is 1. The summed E-state index contributed by atoms with van der Waals surface area (Å²) in [6.07, 6.45) is 4.36. The zero-order chi connectivity index (χ0) is 10.9. The number of hydrogen-bond donors (Lipinski definition) is 1. The molecule has 86 valence electrons. The third-order valence-corrected chi connectivity index (χ3v) is 4.59. The summed E-state index contributed by atoms with van der Waals surface area (Å²) in [5.74, 6) is 0.0755. The van der Waals surface area contributed by atoms with Gasteiger partial charge in [0.05, 0.1) is 6.10 Å². The number of carbonyl (C=O) groups is 1. The van der Waals surface area contributed by atoms with Crippen molar-refractivity contribution in [2.24, 2.45) is 5.41 Å². The molecule has 3 nitrogen and oxygen atoms in total. The molecular weight excluding hydrogens is 258 g/mol. The predicted molar refractivity (Wildman–Crippen MR) is 62.0 cm³/mol. The molecule has 2 aliphatic rings. The van der Waals surface area contributed by atoms with Crippen LogP contribution in [0.3, 0.4) is 0 Å². The van der Waals surface area contributed by atoms with Crippen LogP contribution in [-0.4, -0.2) is 30.0 Å². The van der Waals surface area contributed by atoms with Crippen molar-refractivity contribution in [3.05, 3.63) is 0 Å². The largest absolute Gasteiger partial charge is 0.365 e. The number of halogens is 1. The summed E-state index contributed by atoms with van der Waals surface area (Å²) >= 11 is 3.49. The maximum absolute atomic E-state index is 11.7. The van der Waals surface area contributed by atoms with Crippen LogP contribution in [0.4, 0.5) is 0 Å². The molecule has 0 spiro atoms. The normalized spacial score (nSPS) is 32.7. The second kappa shape index (κ2) is 4.42. The van der Waals surface area contributed by atoms with Crippen LogP contribution in [0, 0.1) is 5.41 Å². The molecule has 2 rings (SSSR count). The van der Waals surface area contributed by atoms with Gasteiger partial charge >= 0.3 is 0 Å². The first-order chi connectivity index (χ1) is 7.15. The molecule has 2 fully saturated rings. The van der Waals surface area contributed by atoms with Gasteiger partial charge in [-0.15, -0.1) is 0 Å². The highest BCUT2D eigenvalue weighted by Gasteiger charge is 2.42. The Kier molecular flexibility index (Phi) is 3.36. The molecule has 1 heterocycles. The van der Waals surface area contributed by atoms with Crippen molar-refractivity contribution in [3.8, 4) is 0 Å². The van der Waals surface area contributed by atoms with Crippen LogP contribution in [0.15, 0.2) is 0 Å². The van der Waals surface area contributed by atoms with Crippen LogP contribution in [0.2, 0.25) is 0 Å². The lowest BCUT2D eigenvalue weighted by Crippen LogP contribution is -2.38. The molecule has 2 atom stereocenters. The van der Waals surface area contributed by atoms with Crippen LogP contribution in [0.1, 0.15) is 32.6 Å². The molecule has 1 aliphatic carbocycles. The van der Waals surface area contributed by atoms with Crippen molar-refractivity contribution in [1.29, 1.82) is 0 Å². The SMILES string of the molecule is CC1CCC(C(=O)NCC2(CBr)CC2)O1. The first-order valence-electron chi connectivity index (χ1n) is 5.64. The third-order valence-electron chi connectivity index (χ3n) is 3.40. The lowest BCUT2D eigenvalue weighted by molar-refractivity contribution is -0.131. The Morgan fingerprint density at radius 1 is 1.53 bits per heavy atom. The van der Waals surface area contributed by atoms with Gasteiger partial charge in [0.2, 0.25) is 5.91 Å². The van der Waals surface area contributed by atoms with Gasteiger partial charge in [0.15, 0.2) is 0 Å². The average molecular weight is 276 g/mol. The smallest absolute Gasteiger partial charge is 0.249 e. The van der Waals surface area contributed by atoms with Crippen molar-refractivity contribution in [3.63, 3.8) is 0 Å². The van der Waals surface area contributed by atoms with Crippen LogP contribution < -0.4 is 5.32 Å². The molecule has 0 aromatic carbocycles. The standard InChI is InChI=1S/C11H18BrNO2/c1-8-2-3-9(15-8)10(14)13-7-11(6-12)4-5-11/h8-9H,2-7H2,1H3,(H,13,14). The highest BCUT2D eigenvalue weighted by atomic mass is 79.9. The van der Waals surface area contributed by atoms with Crippen molar-refractivity contribution in [1.82, 2.24) is 5.32 Å². The molecule has 1 aliphatic heterocycles. The van der Waals surface area contributed by atoms with E-state index in [2.05, 4.69) is 21.2 Å². The molecule has 4 heteroatoms. The predicted octanol–water partition coefficient (Wildman–Crippen LogP) is 1.85. The molecule has 1 amide bonds. The second-order valence-corrected chi connectivity index (χ2v) is 5.42. The van der Waals surface area contributed by atoms with E-state index in [1.165, 1.54) is 12.8 Å². The van der Waals surface area contributed by atoms with Gasteiger partial charge in [-0.3, -0.25) is 4.79 Å². The molecule has 0 aromatic heterocycles. The summed E-state index contributed by atoms with van der Waals surface area (Å²) in [5, 5.41) is 3.99. The molecule has 0 aromatic rings. The third kappa shape index (κ3) is 2.72. The Morgan fingerprint density at radius 3 is 2.73 bits per heavy atom. The van der Waals surface area contributed by atoms with Crippen LogP contribution >= 0.6 is 15.9 Å². The van der Waals surface area contributed by atoms with E-state index in [1.54, 1.807) is 0 Å². The first kappa shape index (κ1) is 11.4. The Labute approximate surface area is 99.1 Å². The summed E-state index contributed by atoms with van der Waals surface area (Å²) in [6, 6.07) is 0. The van der Waals surface area contributed by atoms with E-state index in [0.29, 0.717) is 5.41 Å². The quantitative estimate of drug-likeness (QED) is 0.796. The molecule has 1 saturated carbocycles. The molecule has 0 radical (unpaired) electrons. The van der Waals surface area contributed by atoms with Crippen molar-refractivity contribution in [2.75, 3.05) is 11.9 Å². The van der Waals surface area contributed by atoms with Gasteiger partial charge in [-0.25, -0.2) is 0 Å².